The van der Waals surface area contributed by atoms with Gasteiger partial charge in [-0.15, -0.1) is 0 Å². The average Bonchev–Trinajstić information content (AvgIpc) is 2.65. The van der Waals surface area contributed by atoms with Crippen LogP contribution in [0.1, 0.15) is 35.5 Å². The van der Waals surface area contributed by atoms with Gasteiger partial charge in [0.2, 0.25) is 5.91 Å². The monoisotopic (exact) mass is 286 g/mol. The van der Waals surface area contributed by atoms with Crippen molar-refractivity contribution in [3.63, 3.8) is 0 Å². The van der Waals surface area contributed by atoms with Gasteiger partial charge in [0.05, 0.1) is 18.2 Å². The van der Waals surface area contributed by atoms with Crippen LogP contribution in [0.5, 0.6) is 0 Å². The van der Waals surface area contributed by atoms with Gasteiger partial charge in [-0.2, -0.15) is 5.10 Å². The highest BCUT2D eigenvalue weighted by Crippen LogP contribution is 2.24. The van der Waals surface area contributed by atoms with Crippen LogP contribution in [0.3, 0.4) is 0 Å². The molecule has 1 atom stereocenters. The molecule has 2 rings (SSSR count). The van der Waals surface area contributed by atoms with E-state index in [1.807, 2.05) is 42.9 Å². The first-order chi connectivity index (χ1) is 9.88. The molecule has 0 saturated heterocycles. The van der Waals surface area contributed by atoms with Gasteiger partial charge < -0.3 is 11.1 Å². The second-order valence-corrected chi connectivity index (χ2v) is 5.41. The van der Waals surface area contributed by atoms with Gasteiger partial charge in [-0.25, -0.2) is 0 Å². The second-order valence-electron chi connectivity index (χ2n) is 5.41. The van der Waals surface area contributed by atoms with Crippen molar-refractivity contribution in [2.24, 2.45) is 12.8 Å². The maximum atomic E-state index is 10.9. The molecule has 3 N–H and O–H groups in total. The molecule has 5 heteroatoms. The highest BCUT2D eigenvalue weighted by Gasteiger charge is 2.16. The zero-order valence-corrected chi connectivity index (χ0v) is 13.0. The van der Waals surface area contributed by atoms with Gasteiger partial charge in [-0.1, -0.05) is 12.1 Å². The molecule has 1 aromatic carbocycles. The third-order valence-corrected chi connectivity index (χ3v) is 3.71. The molecule has 0 spiro atoms. The van der Waals surface area contributed by atoms with E-state index in [1.165, 1.54) is 5.56 Å². The normalized spacial score (nSPS) is 12.2. The molecule has 0 aliphatic carbocycles. The summed E-state index contributed by atoms with van der Waals surface area (Å²) in [5.41, 5.74) is 10.6. The van der Waals surface area contributed by atoms with E-state index in [2.05, 4.69) is 24.3 Å². The number of carbonyl (C=O) groups excluding carboxylic acids is 1. The number of nitrogens with one attached hydrogen (secondary N) is 1. The van der Waals surface area contributed by atoms with Crippen LogP contribution in [0.2, 0.25) is 0 Å². The molecule has 1 heterocycles. The smallest absolute Gasteiger partial charge is 0.221 e. The number of rotatable bonds is 5. The van der Waals surface area contributed by atoms with Crippen LogP contribution >= 0.6 is 0 Å². The highest BCUT2D eigenvalue weighted by molar-refractivity contribution is 5.76. The Labute approximate surface area is 125 Å². The molecule has 0 fully saturated rings. The quantitative estimate of drug-likeness (QED) is 0.885. The summed E-state index contributed by atoms with van der Waals surface area (Å²) in [5, 5.41) is 7.91. The fraction of sp³-hybridized carbons (Fsp3) is 0.375. The molecule has 1 unspecified atom stereocenters. The Bertz CT molecular complexity index is 643. The average molecular weight is 286 g/mol. The number of aromatic nitrogens is 2. The Morgan fingerprint density at radius 1 is 1.33 bits per heavy atom. The number of aryl methyl sites for hydroxylation is 2. The molecule has 0 radical (unpaired) electrons. The molecule has 112 valence electrons. The van der Waals surface area contributed by atoms with E-state index >= 15 is 0 Å². The Morgan fingerprint density at radius 3 is 2.43 bits per heavy atom. The van der Waals surface area contributed by atoms with Gasteiger partial charge >= 0.3 is 0 Å². The van der Waals surface area contributed by atoms with Crippen LogP contribution in [-0.4, -0.2) is 15.7 Å². The van der Waals surface area contributed by atoms with Gasteiger partial charge in [0.1, 0.15) is 0 Å². The van der Waals surface area contributed by atoms with E-state index in [9.17, 15) is 4.79 Å². The third kappa shape index (κ3) is 3.42. The molecular weight excluding hydrogens is 264 g/mol. The van der Waals surface area contributed by atoms with Crippen molar-refractivity contribution in [1.82, 2.24) is 9.78 Å². The van der Waals surface area contributed by atoms with Gasteiger partial charge in [0.25, 0.3) is 0 Å². The lowest BCUT2D eigenvalue weighted by Crippen LogP contribution is -2.13. The molecule has 2 aromatic rings. The van der Waals surface area contributed by atoms with Crippen molar-refractivity contribution < 1.29 is 4.79 Å². The molecule has 5 nitrogen and oxygen atoms in total. The minimum atomic E-state index is -0.314. The molecule has 0 aliphatic rings. The van der Waals surface area contributed by atoms with Crippen LogP contribution in [0.4, 0.5) is 5.69 Å². The molecule has 21 heavy (non-hydrogen) atoms. The Hall–Kier alpha value is -2.30. The molecule has 0 aliphatic heterocycles. The number of amides is 1. The Balaban J connectivity index is 2.12. The number of benzene rings is 1. The minimum absolute atomic E-state index is 0.167. The van der Waals surface area contributed by atoms with Crippen molar-refractivity contribution in [2.45, 2.75) is 33.2 Å². The van der Waals surface area contributed by atoms with Crippen molar-refractivity contribution in [3.05, 3.63) is 46.8 Å². The van der Waals surface area contributed by atoms with Crippen LogP contribution in [0.15, 0.2) is 24.3 Å². The zero-order valence-electron chi connectivity index (χ0n) is 13.0. The molecule has 1 aromatic heterocycles. The fourth-order valence-corrected chi connectivity index (χ4v) is 2.66. The van der Waals surface area contributed by atoms with E-state index in [0.717, 1.165) is 22.6 Å². The van der Waals surface area contributed by atoms with E-state index in [-0.39, 0.29) is 18.4 Å². The lowest BCUT2D eigenvalue weighted by molar-refractivity contribution is -0.117. The topological polar surface area (TPSA) is 72.9 Å². The Morgan fingerprint density at radius 2 is 1.95 bits per heavy atom. The number of hydrogen-bond donors (Lipinski definition) is 2. The number of carbonyl (C=O) groups is 1. The summed E-state index contributed by atoms with van der Waals surface area (Å²) in [6, 6.07) is 7.94. The van der Waals surface area contributed by atoms with E-state index < -0.39 is 0 Å². The summed E-state index contributed by atoms with van der Waals surface area (Å²) in [5.74, 6) is -0.314. The molecule has 0 bridgehead atoms. The second kappa shape index (κ2) is 5.99. The summed E-state index contributed by atoms with van der Waals surface area (Å²) in [6.45, 7) is 6.22. The zero-order chi connectivity index (χ0) is 15.6. The largest absolute Gasteiger partial charge is 0.378 e. The van der Waals surface area contributed by atoms with Crippen molar-refractivity contribution in [1.29, 1.82) is 0 Å². The number of hydrogen-bond acceptors (Lipinski definition) is 3. The van der Waals surface area contributed by atoms with Gasteiger partial charge in [0.15, 0.2) is 0 Å². The number of primary amides is 1. The summed E-state index contributed by atoms with van der Waals surface area (Å²) < 4.78 is 1.90. The van der Waals surface area contributed by atoms with Crippen LogP contribution < -0.4 is 11.1 Å². The summed E-state index contributed by atoms with van der Waals surface area (Å²) >= 11 is 0. The first kappa shape index (κ1) is 15.1. The minimum Gasteiger partial charge on any atom is -0.378 e. The summed E-state index contributed by atoms with van der Waals surface area (Å²) in [4.78, 5) is 10.9. The van der Waals surface area contributed by atoms with Gasteiger partial charge in [-0.05, 0) is 38.5 Å². The fourth-order valence-electron chi connectivity index (χ4n) is 2.66. The Kier molecular flexibility index (Phi) is 4.31. The predicted molar refractivity (Wildman–Crippen MR) is 84.1 cm³/mol. The lowest BCUT2D eigenvalue weighted by Gasteiger charge is -2.16. The first-order valence-corrected chi connectivity index (χ1v) is 7.02. The van der Waals surface area contributed by atoms with Gasteiger partial charge in [-0.3, -0.25) is 9.48 Å². The standard InChI is InChI=1S/C16H22N4O/c1-10(16-11(2)19-20(4)12(16)3)18-14-7-5-13(6-8-14)9-15(17)21/h5-8,10,18H,9H2,1-4H3,(H2,17,21). The number of nitrogens with two attached hydrogens (primary N) is 1. The number of anilines is 1. The van der Waals surface area contributed by atoms with Gasteiger partial charge in [0, 0.05) is 24.0 Å². The maximum Gasteiger partial charge on any atom is 0.221 e. The van der Waals surface area contributed by atoms with E-state index in [4.69, 9.17) is 5.73 Å². The van der Waals surface area contributed by atoms with Crippen molar-refractivity contribution >= 4 is 11.6 Å². The molecular formula is C16H22N4O. The highest BCUT2D eigenvalue weighted by atomic mass is 16.1. The summed E-state index contributed by atoms with van der Waals surface area (Å²) in [6.07, 6.45) is 0.274. The number of nitrogens with zero attached hydrogens (tertiary/aromatic N) is 2. The first-order valence-electron chi connectivity index (χ1n) is 7.02. The summed E-state index contributed by atoms with van der Waals surface area (Å²) in [7, 11) is 1.96. The van der Waals surface area contributed by atoms with E-state index in [1.54, 1.807) is 0 Å². The van der Waals surface area contributed by atoms with Crippen LogP contribution in [0.25, 0.3) is 0 Å². The molecule has 1 amide bonds. The lowest BCUT2D eigenvalue weighted by atomic mass is 10.1. The molecule has 0 saturated carbocycles. The van der Waals surface area contributed by atoms with Crippen molar-refractivity contribution in [3.8, 4) is 0 Å². The third-order valence-electron chi connectivity index (χ3n) is 3.71. The van der Waals surface area contributed by atoms with Crippen LogP contribution in [-0.2, 0) is 18.3 Å². The van der Waals surface area contributed by atoms with E-state index in [0.29, 0.717) is 0 Å². The van der Waals surface area contributed by atoms with Crippen LogP contribution in [0, 0.1) is 13.8 Å². The van der Waals surface area contributed by atoms with Crippen molar-refractivity contribution in [2.75, 3.05) is 5.32 Å². The SMILES string of the molecule is Cc1nn(C)c(C)c1C(C)Nc1ccc(CC(N)=O)cc1. The maximum absolute atomic E-state index is 10.9. The predicted octanol–water partition coefficient (Wildman–Crippen LogP) is 2.24.